The maximum atomic E-state index is 10.1. The van der Waals surface area contributed by atoms with Gasteiger partial charge in [0.05, 0.1) is 6.61 Å². The Morgan fingerprint density at radius 3 is 1.79 bits per heavy atom. The molecular formula is C12H18O2. The molecule has 0 saturated heterocycles. The van der Waals surface area contributed by atoms with Crippen molar-refractivity contribution >= 4 is 5.97 Å². The molecule has 1 rings (SSSR count). The highest BCUT2D eigenvalue weighted by Crippen LogP contribution is 1.86. The summed E-state index contributed by atoms with van der Waals surface area (Å²) < 4.78 is 4.64. The number of unbranched alkanes of at least 4 members (excludes halogenated alkanes) is 1. The summed E-state index contributed by atoms with van der Waals surface area (Å²) in [6, 6.07) is 12.0. The van der Waals surface area contributed by atoms with E-state index in [-0.39, 0.29) is 5.97 Å². The van der Waals surface area contributed by atoms with E-state index in [2.05, 4.69) is 11.7 Å². The molecule has 0 N–H and O–H groups in total. The lowest BCUT2D eigenvalue weighted by molar-refractivity contribution is -0.141. The van der Waals surface area contributed by atoms with Crippen LogP contribution in [0.1, 0.15) is 26.7 Å². The molecule has 78 valence electrons. The quantitative estimate of drug-likeness (QED) is 0.546. The maximum Gasteiger partial charge on any atom is 0.302 e. The van der Waals surface area contributed by atoms with Gasteiger partial charge in [-0.3, -0.25) is 4.79 Å². The number of esters is 1. The number of hydrogen-bond acceptors (Lipinski definition) is 2. The van der Waals surface area contributed by atoms with E-state index < -0.39 is 0 Å². The summed E-state index contributed by atoms with van der Waals surface area (Å²) in [5, 5.41) is 0. The molecule has 1 aromatic rings. The highest BCUT2D eigenvalue weighted by Gasteiger charge is 1.88. The zero-order valence-electron chi connectivity index (χ0n) is 8.90. The van der Waals surface area contributed by atoms with Crippen LogP contribution in [0.15, 0.2) is 36.4 Å². The van der Waals surface area contributed by atoms with Gasteiger partial charge in [-0.2, -0.15) is 0 Å². The summed E-state index contributed by atoms with van der Waals surface area (Å²) in [7, 11) is 0. The Morgan fingerprint density at radius 2 is 1.50 bits per heavy atom. The molecule has 0 aromatic heterocycles. The predicted molar refractivity (Wildman–Crippen MR) is 58.0 cm³/mol. The third-order valence-electron chi connectivity index (χ3n) is 1.47. The van der Waals surface area contributed by atoms with Gasteiger partial charge in [0.1, 0.15) is 0 Å². The minimum Gasteiger partial charge on any atom is -0.466 e. The van der Waals surface area contributed by atoms with Crippen molar-refractivity contribution in [2.24, 2.45) is 0 Å². The Balaban J connectivity index is 0.000000249. The minimum absolute atomic E-state index is 0.182. The topological polar surface area (TPSA) is 26.3 Å². The second-order valence-corrected chi connectivity index (χ2v) is 2.85. The van der Waals surface area contributed by atoms with Crippen LogP contribution in [-0.4, -0.2) is 12.6 Å². The fourth-order valence-electron chi connectivity index (χ4n) is 0.745. The lowest BCUT2D eigenvalue weighted by Crippen LogP contribution is -1.99. The molecule has 0 amide bonds. The first-order valence-electron chi connectivity index (χ1n) is 4.90. The van der Waals surface area contributed by atoms with Gasteiger partial charge < -0.3 is 4.74 Å². The van der Waals surface area contributed by atoms with E-state index in [9.17, 15) is 4.79 Å². The summed E-state index contributed by atoms with van der Waals surface area (Å²) in [6.07, 6.45) is 2.05. The molecule has 0 saturated carbocycles. The molecule has 2 heteroatoms. The van der Waals surface area contributed by atoms with E-state index in [0.717, 1.165) is 12.8 Å². The summed E-state index contributed by atoms with van der Waals surface area (Å²) in [5.74, 6) is -0.182. The molecule has 0 radical (unpaired) electrons. The zero-order chi connectivity index (χ0) is 10.6. The van der Waals surface area contributed by atoms with Gasteiger partial charge in [0.15, 0.2) is 0 Å². The van der Waals surface area contributed by atoms with E-state index in [1.807, 2.05) is 36.4 Å². The van der Waals surface area contributed by atoms with Crippen LogP contribution in [0, 0.1) is 0 Å². The molecule has 0 spiro atoms. The van der Waals surface area contributed by atoms with Crippen molar-refractivity contribution in [1.29, 1.82) is 0 Å². The monoisotopic (exact) mass is 194 g/mol. The summed E-state index contributed by atoms with van der Waals surface area (Å²) in [6.45, 7) is 4.06. The van der Waals surface area contributed by atoms with Gasteiger partial charge in [-0.25, -0.2) is 0 Å². The highest BCUT2D eigenvalue weighted by molar-refractivity contribution is 5.65. The molecular weight excluding hydrogens is 176 g/mol. The number of rotatable bonds is 3. The third-order valence-corrected chi connectivity index (χ3v) is 1.47. The Morgan fingerprint density at radius 1 is 1.07 bits per heavy atom. The molecule has 1 aromatic carbocycles. The van der Waals surface area contributed by atoms with Gasteiger partial charge in [0.25, 0.3) is 0 Å². The molecule has 2 nitrogen and oxygen atoms in total. The predicted octanol–water partition coefficient (Wildman–Crippen LogP) is 3.04. The van der Waals surface area contributed by atoms with Gasteiger partial charge in [0, 0.05) is 6.92 Å². The van der Waals surface area contributed by atoms with Gasteiger partial charge in [-0.15, -0.1) is 0 Å². The third kappa shape index (κ3) is 10.7. The van der Waals surface area contributed by atoms with E-state index in [1.54, 1.807) is 0 Å². The number of ether oxygens (including phenoxy) is 1. The second-order valence-electron chi connectivity index (χ2n) is 2.85. The number of carbonyl (C=O) groups is 1. The average molecular weight is 194 g/mol. The van der Waals surface area contributed by atoms with Gasteiger partial charge in [0.2, 0.25) is 0 Å². The molecule has 0 heterocycles. The summed E-state index contributed by atoms with van der Waals surface area (Å²) in [5.41, 5.74) is 0. The Labute approximate surface area is 85.9 Å². The van der Waals surface area contributed by atoms with Crippen LogP contribution in [0.25, 0.3) is 0 Å². The van der Waals surface area contributed by atoms with Crippen molar-refractivity contribution in [2.75, 3.05) is 6.61 Å². The molecule has 14 heavy (non-hydrogen) atoms. The molecule has 0 aliphatic rings. The smallest absolute Gasteiger partial charge is 0.302 e. The summed E-state index contributed by atoms with van der Waals surface area (Å²) >= 11 is 0. The van der Waals surface area contributed by atoms with Crippen LogP contribution in [0.3, 0.4) is 0 Å². The van der Waals surface area contributed by atoms with Crippen LogP contribution in [0.5, 0.6) is 0 Å². The van der Waals surface area contributed by atoms with Crippen molar-refractivity contribution in [3.8, 4) is 0 Å². The first kappa shape index (κ1) is 12.7. The standard InChI is InChI=1S/C6H12O2.C6H6/c1-3-4-5-8-6(2)7;1-2-4-6-5-3-1/h3-5H2,1-2H3;1-6H. The van der Waals surface area contributed by atoms with Crippen LogP contribution < -0.4 is 0 Å². The largest absolute Gasteiger partial charge is 0.466 e. The Bertz CT molecular complexity index is 192. The number of hydrogen-bond donors (Lipinski definition) is 0. The van der Waals surface area contributed by atoms with Crippen molar-refractivity contribution < 1.29 is 9.53 Å². The normalized spacial score (nSPS) is 8.43. The van der Waals surface area contributed by atoms with E-state index in [4.69, 9.17) is 0 Å². The van der Waals surface area contributed by atoms with Crippen LogP contribution in [-0.2, 0) is 9.53 Å². The lowest BCUT2D eigenvalue weighted by Gasteiger charge is -1.96. The Hall–Kier alpha value is -1.31. The van der Waals surface area contributed by atoms with E-state index >= 15 is 0 Å². The van der Waals surface area contributed by atoms with Crippen molar-refractivity contribution in [3.05, 3.63) is 36.4 Å². The minimum atomic E-state index is -0.182. The average Bonchev–Trinajstić information content (AvgIpc) is 2.21. The molecule has 0 fully saturated rings. The van der Waals surface area contributed by atoms with E-state index in [1.165, 1.54) is 6.92 Å². The van der Waals surface area contributed by atoms with Gasteiger partial charge >= 0.3 is 5.97 Å². The zero-order valence-corrected chi connectivity index (χ0v) is 8.90. The molecule has 0 bridgehead atoms. The van der Waals surface area contributed by atoms with Gasteiger partial charge in [-0.1, -0.05) is 49.7 Å². The number of carbonyl (C=O) groups excluding carboxylic acids is 1. The molecule has 0 atom stereocenters. The Kier molecular flexibility index (Phi) is 8.86. The second kappa shape index (κ2) is 9.78. The maximum absolute atomic E-state index is 10.1. The van der Waals surface area contributed by atoms with Crippen LogP contribution in [0.4, 0.5) is 0 Å². The van der Waals surface area contributed by atoms with Crippen molar-refractivity contribution in [1.82, 2.24) is 0 Å². The summed E-state index contributed by atoms with van der Waals surface area (Å²) in [4.78, 5) is 10.1. The lowest BCUT2D eigenvalue weighted by atomic mass is 10.4. The molecule has 0 unspecified atom stereocenters. The van der Waals surface area contributed by atoms with Crippen LogP contribution in [0.2, 0.25) is 0 Å². The highest BCUT2D eigenvalue weighted by atomic mass is 16.5. The fourth-order valence-corrected chi connectivity index (χ4v) is 0.745. The first-order valence-corrected chi connectivity index (χ1v) is 4.90. The van der Waals surface area contributed by atoms with E-state index in [0.29, 0.717) is 6.61 Å². The van der Waals surface area contributed by atoms with Crippen LogP contribution >= 0.6 is 0 Å². The fraction of sp³-hybridized carbons (Fsp3) is 0.417. The molecule has 0 aliphatic carbocycles. The van der Waals surface area contributed by atoms with Crippen molar-refractivity contribution in [3.63, 3.8) is 0 Å². The van der Waals surface area contributed by atoms with Gasteiger partial charge in [-0.05, 0) is 6.42 Å². The SMILES string of the molecule is CCCCOC(C)=O.c1ccccc1. The number of benzene rings is 1. The molecule has 0 aliphatic heterocycles. The van der Waals surface area contributed by atoms with Crippen molar-refractivity contribution in [2.45, 2.75) is 26.7 Å². The first-order chi connectivity index (χ1) is 6.77.